The van der Waals surface area contributed by atoms with Crippen molar-refractivity contribution in [1.82, 2.24) is 0 Å². The SMILES string of the molecule is O=C1[C@@H]2[C@@H]3C[C@H]([C@H](Br)[C@@H]3Br)[C@@H]2C(=O)N1c1ccc(Oc2ccc3ccccc3c2)cc1. The minimum absolute atomic E-state index is 0.0606. The van der Waals surface area contributed by atoms with E-state index in [-0.39, 0.29) is 45.1 Å². The van der Waals surface area contributed by atoms with Gasteiger partial charge in [-0.1, -0.05) is 62.2 Å². The molecule has 0 unspecified atom stereocenters. The molecule has 0 aromatic heterocycles. The predicted molar refractivity (Wildman–Crippen MR) is 127 cm³/mol. The minimum atomic E-state index is -0.204. The molecule has 0 N–H and O–H groups in total. The van der Waals surface area contributed by atoms with Crippen molar-refractivity contribution in [3.05, 3.63) is 66.7 Å². The van der Waals surface area contributed by atoms with E-state index < -0.39 is 0 Å². The molecule has 2 bridgehead atoms. The average Bonchev–Trinajstić information content (AvgIpc) is 3.39. The number of nitrogens with zero attached hydrogens (tertiary/aromatic N) is 1. The van der Waals surface area contributed by atoms with Crippen LogP contribution in [0.1, 0.15) is 6.42 Å². The van der Waals surface area contributed by atoms with Gasteiger partial charge in [0.1, 0.15) is 11.5 Å². The molecule has 1 aliphatic heterocycles. The monoisotopic (exact) mass is 539 g/mol. The summed E-state index contributed by atoms with van der Waals surface area (Å²) in [7, 11) is 0. The van der Waals surface area contributed by atoms with Gasteiger partial charge in [0.15, 0.2) is 0 Å². The van der Waals surface area contributed by atoms with E-state index in [0.29, 0.717) is 11.4 Å². The van der Waals surface area contributed by atoms with E-state index in [1.54, 1.807) is 12.1 Å². The maximum absolute atomic E-state index is 13.2. The van der Waals surface area contributed by atoms with Crippen LogP contribution < -0.4 is 9.64 Å². The first-order valence-electron chi connectivity index (χ1n) is 10.5. The number of imide groups is 1. The highest BCUT2D eigenvalue weighted by molar-refractivity contribution is 9.12. The standard InChI is InChI=1S/C25H19Br2NO3/c26-22-18-12-19(23(22)27)21-20(18)24(29)28(25(21)30)15-6-9-16(10-7-15)31-17-8-5-13-3-1-2-4-14(13)11-17/h1-11,18-23H,12H2/t18-,19-,20-,21+,22-,23+/m0/s1. The molecular weight excluding hydrogens is 522 g/mol. The number of rotatable bonds is 3. The number of ether oxygens (including phenoxy) is 1. The highest BCUT2D eigenvalue weighted by Crippen LogP contribution is 2.60. The first-order valence-corrected chi connectivity index (χ1v) is 12.3. The van der Waals surface area contributed by atoms with Gasteiger partial charge in [-0.05, 0) is 65.4 Å². The number of halogens is 2. The maximum Gasteiger partial charge on any atom is 0.238 e. The van der Waals surface area contributed by atoms with Crippen LogP contribution >= 0.6 is 31.9 Å². The summed E-state index contributed by atoms with van der Waals surface area (Å²) < 4.78 is 6.00. The van der Waals surface area contributed by atoms with Crippen LogP contribution in [0.15, 0.2) is 66.7 Å². The molecule has 3 aliphatic rings. The third-order valence-electron chi connectivity index (χ3n) is 7.04. The molecule has 1 heterocycles. The largest absolute Gasteiger partial charge is 0.457 e. The van der Waals surface area contributed by atoms with Gasteiger partial charge in [-0.15, -0.1) is 0 Å². The Balaban J connectivity index is 1.24. The van der Waals surface area contributed by atoms with Crippen molar-refractivity contribution < 1.29 is 14.3 Å². The highest BCUT2D eigenvalue weighted by Gasteiger charge is 2.66. The van der Waals surface area contributed by atoms with Crippen molar-refractivity contribution in [1.29, 1.82) is 0 Å². The molecule has 31 heavy (non-hydrogen) atoms. The van der Waals surface area contributed by atoms with E-state index in [4.69, 9.17) is 4.74 Å². The molecule has 156 valence electrons. The smallest absolute Gasteiger partial charge is 0.238 e. The van der Waals surface area contributed by atoms with Gasteiger partial charge in [0.2, 0.25) is 11.8 Å². The van der Waals surface area contributed by atoms with Crippen molar-refractivity contribution in [3.8, 4) is 11.5 Å². The maximum atomic E-state index is 13.2. The summed E-state index contributed by atoms with van der Waals surface area (Å²) >= 11 is 7.46. The molecular formula is C25H19Br2NO3. The second-order valence-corrected chi connectivity index (χ2v) is 10.7. The van der Waals surface area contributed by atoms with Crippen LogP contribution in [0.25, 0.3) is 10.8 Å². The molecule has 2 amide bonds. The molecule has 3 aromatic carbocycles. The Hall–Kier alpha value is -2.18. The third kappa shape index (κ3) is 2.91. The highest BCUT2D eigenvalue weighted by atomic mass is 79.9. The van der Waals surface area contributed by atoms with E-state index in [1.165, 1.54) is 4.90 Å². The van der Waals surface area contributed by atoms with Crippen molar-refractivity contribution in [2.24, 2.45) is 23.7 Å². The van der Waals surface area contributed by atoms with Crippen molar-refractivity contribution in [3.63, 3.8) is 0 Å². The van der Waals surface area contributed by atoms with Crippen LogP contribution in [0.4, 0.5) is 5.69 Å². The fraction of sp³-hybridized carbons (Fsp3) is 0.280. The molecule has 6 rings (SSSR count). The number of fused-ring (bicyclic) bond motifs is 6. The molecule has 6 heteroatoms. The number of anilines is 1. The van der Waals surface area contributed by atoms with Gasteiger partial charge in [0, 0.05) is 9.65 Å². The Kier molecular flexibility index (Phi) is 4.51. The Morgan fingerprint density at radius 1 is 0.742 bits per heavy atom. The number of alkyl halides is 2. The summed E-state index contributed by atoms with van der Waals surface area (Å²) in [4.78, 5) is 28.2. The third-order valence-corrected chi connectivity index (χ3v) is 10.2. The minimum Gasteiger partial charge on any atom is -0.457 e. The zero-order chi connectivity index (χ0) is 21.3. The lowest BCUT2D eigenvalue weighted by atomic mass is 9.81. The quantitative estimate of drug-likeness (QED) is 0.306. The normalized spacial score (nSPS) is 31.5. The summed E-state index contributed by atoms with van der Waals surface area (Å²) in [5, 5.41) is 2.27. The Bertz CT molecular complexity index is 1180. The summed E-state index contributed by atoms with van der Waals surface area (Å²) in [5.41, 5.74) is 0.618. The van der Waals surface area contributed by atoms with Gasteiger partial charge in [-0.3, -0.25) is 14.5 Å². The van der Waals surface area contributed by atoms with Gasteiger partial charge >= 0.3 is 0 Å². The van der Waals surface area contributed by atoms with Crippen LogP contribution in [0, 0.1) is 23.7 Å². The Labute approximate surface area is 196 Å². The topological polar surface area (TPSA) is 46.6 Å². The van der Waals surface area contributed by atoms with Crippen molar-refractivity contribution in [2.75, 3.05) is 4.90 Å². The van der Waals surface area contributed by atoms with Crippen molar-refractivity contribution >= 4 is 60.1 Å². The van der Waals surface area contributed by atoms with E-state index in [0.717, 1.165) is 22.9 Å². The number of carbonyl (C=O) groups excluding carboxylic acids is 2. The zero-order valence-corrected chi connectivity index (χ0v) is 19.6. The number of benzene rings is 3. The van der Waals surface area contributed by atoms with Crippen molar-refractivity contribution in [2.45, 2.75) is 16.1 Å². The number of carbonyl (C=O) groups is 2. The van der Waals surface area contributed by atoms with E-state index in [9.17, 15) is 9.59 Å². The lowest BCUT2D eigenvalue weighted by Gasteiger charge is -2.28. The molecule has 3 aromatic rings. The zero-order valence-electron chi connectivity index (χ0n) is 16.4. The molecule has 0 spiro atoms. The van der Waals surface area contributed by atoms with Crippen LogP contribution in [-0.2, 0) is 9.59 Å². The van der Waals surface area contributed by atoms with Gasteiger partial charge in [-0.2, -0.15) is 0 Å². The molecule has 6 atom stereocenters. The molecule has 0 radical (unpaired) electrons. The van der Waals surface area contributed by atoms with E-state index in [2.05, 4.69) is 44.0 Å². The molecule has 3 fully saturated rings. The number of hydrogen-bond donors (Lipinski definition) is 0. The summed E-state index contributed by atoms with van der Waals surface area (Å²) in [6.07, 6.45) is 0.936. The van der Waals surface area contributed by atoms with Crippen LogP contribution in [0.2, 0.25) is 0 Å². The van der Waals surface area contributed by atoms with E-state index in [1.807, 2.05) is 42.5 Å². The van der Waals surface area contributed by atoms with Crippen LogP contribution in [0.5, 0.6) is 11.5 Å². The average molecular weight is 541 g/mol. The Morgan fingerprint density at radius 2 is 1.32 bits per heavy atom. The molecule has 4 nitrogen and oxygen atoms in total. The number of amides is 2. The second kappa shape index (κ2) is 7.17. The van der Waals surface area contributed by atoms with Crippen LogP contribution in [0.3, 0.4) is 0 Å². The predicted octanol–water partition coefficient (Wildman–Crippen LogP) is 5.91. The van der Waals surface area contributed by atoms with Gasteiger partial charge in [0.05, 0.1) is 17.5 Å². The molecule has 2 saturated carbocycles. The Morgan fingerprint density at radius 3 is 1.97 bits per heavy atom. The first-order chi connectivity index (χ1) is 15.0. The van der Waals surface area contributed by atoms with Crippen LogP contribution in [-0.4, -0.2) is 21.5 Å². The summed E-state index contributed by atoms with van der Waals surface area (Å²) in [6.45, 7) is 0. The second-order valence-electron chi connectivity index (χ2n) is 8.62. The summed E-state index contributed by atoms with van der Waals surface area (Å²) in [6, 6.07) is 21.3. The summed E-state index contributed by atoms with van der Waals surface area (Å²) in [5.74, 6) is 1.32. The lowest BCUT2D eigenvalue weighted by molar-refractivity contribution is -0.123. The lowest BCUT2D eigenvalue weighted by Crippen LogP contribution is -2.37. The van der Waals surface area contributed by atoms with Gasteiger partial charge in [0.25, 0.3) is 0 Å². The van der Waals surface area contributed by atoms with Gasteiger partial charge in [-0.25, -0.2) is 0 Å². The first kappa shape index (κ1) is 19.5. The van der Waals surface area contributed by atoms with E-state index >= 15 is 0 Å². The molecule has 2 aliphatic carbocycles. The fourth-order valence-corrected chi connectivity index (χ4v) is 7.51. The fourth-order valence-electron chi connectivity index (χ4n) is 5.63. The number of hydrogen-bond acceptors (Lipinski definition) is 3. The molecule has 1 saturated heterocycles. The van der Waals surface area contributed by atoms with Gasteiger partial charge < -0.3 is 4.74 Å².